The summed E-state index contributed by atoms with van der Waals surface area (Å²) in [4.78, 5) is 2.66. The van der Waals surface area contributed by atoms with Gasteiger partial charge in [-0.1, -0.05) is 31.4 Å². The lowest BCUT2D eigenvalue weighted by Gasteiger charge is -2.34. The van der Waals surface area contributed by atoms with Gasteiger partial charge in [0.25, 0.3) is 0 Å². The van der Waals surface area contributed by atoms with Crippen molar-refractivity contribution in [2.75, 3.05) is 18.0 Å². The number of hydrogen-bond donors (Lipinski definition) is 1. The number of nitrogens with one attached hydrogen (secondary N) is 1. The van der Waals surface area contributed by atoms with E-state index in [1.807, 2.05) is 6.07 Å². The molecule has 3 heteroatoms. The molecule has 20 heavy (non-hydrogen) atoms. The molecular formula is C17H25ClN2. The minimum Gasteiger partial charge on any atom is -0.368 e. The predicted molar refractivity (Wildman–Crippen MR) is 86.5 cm³/mol. The first-order valence-electron chi connectivity index (χ1n) is 8.05. The van der Waals surface area contributed by atoms with Gasteiger partial charge in [-0.25, -0.2) is 0 Å². The quantitative estimate of drug-likeness (QED) is 0.894. The van der Waals surface area contributed by atoms with Gasteiger partial charge in [-0.05, 0) is 55.5 Å². The van der Waals surface area contributed by atoms with Crippen LogP contribution < -0.4 is 10.2 Å². The first kappa shape index (κ1) is 14.2. The highest BCUT2D eigenvalue weighted by molar-refractivity contribution is 6.30. The molecule has 1 saturated heterocycles. The summed E-state index contributed by atoms with van der Waals surface area (Å²) in [5.74, 6) is 0.923. The van der Waals surface area contributed by atoms with E-state index in [2.05, 4.69) is 29.3 Å². The largest absolute Gasteiger partial charge is 0.368 e. The van der Waals surface area contributed by atoms with Crippen molar-refractivity contribution in [2.24, 2.45) is 5.92 Å². The fraction of sp³-hybridized carbons (Fsp3) is 0.647. The molecule has 1 aliphatic heterocycles. The molecule has 0 radical (unpaired) electrons. The predicted octanol–water partition coefficient (Wildman–Crippen LogP) is 4.22. The van der Waals surface area contributed by atoms with Crippen molar-refractivity contribution >= 4 is 17.3 Å². The van der Waals surface area contributed by atoms with Crippen LogP contribution in [-0.2, 0) is 6.54 Å². The second kappa shape index (κ2) is 6.36. The van der Waals surface area contributed by atoms with E-state index in [0.29, 0.717) is 0 Å². The summed E-state index contributed by atoms with van der Waals surface area (Å²) >= 11 is 6.19. The maximum absolute atomic E-state index is 6.19. The van der Waals surface area contributed by atoms with Crippen molar-refractivity contribution in [1.82, 2.24) is 5.32 Å². The standard InChI is InChI=1S/C17H25ClN2/c1-2-19-12-14-11-15(18)7-8-17(14)20-10-9-13-5-3-4-6-16(13)20/h7-8,11,13,16,19H,2-6,9-10,12H2,1H3. The number of rotatable bonds is 4. The SMILES string of the molecule is CCNCc1cc(Cl)ccc1N1CCC2CCCCC21. The molecule has 1 aliphatic carbocycles. The van der Waals surface area contributed by atoms with E-state index < -0.39 is 0 Å². The molecule has 2 fully saturated rings. The Bertz CT molecular complexity index is 460. The van der Waals surface area contributed by atoms with Crippen LogP contribution >= 0.6 is 11.6 Å². The normalized spacial score (nSPS) is 25.8. The molecule has 2 unspecified atom stereocenters. The molecule has 110 valence electrons. The Morgan fingerprint density at radius 3 is 2.95 bits per heavy atom. The maximum atomic E-state index is 6.19. The summed E-state index contributed by atoms with van der Waals surface area (Å²) in [6, 6.07) is 7.18. The molecule has 0 aromatic heterocycles. The van der Waals surface area contributed by atoms with Crippen LogP contribution in [0.2, 0.25) is 5.02 Å². The first-order valence-corrected chi connectivity index (χ1v) is 8.43. The average Bonchev–Trinajstić information content (AvgIpc) is 2.89. The Hall–Kier alpha value is -0.730. The zero-order valence-electron chi connectivity index (χ0n) is 12.4. The van der Waals surface area contributed by atoms with Crippen LogP contribution in [0.25, 0.3) is 0 Å². The Morgan fingerprint density at radius 2 is 2.10 bits per heavy atom. The van der Waals surface area contributed by atoms with Crippen molar-refractivity contribution in [1.29, 1.82) is 0 Å². The lowest BCUT2D eigenvalue weighted by molar-refractivity contribution is 0.342. The minimum atomic E-state index is 0.769. The Balaban J connectivity index is 1.85. The van der Waals surface area contributed by atoms with E-state index in [-0.39, 0.29) is 0 Å². The topological polar surface area (TPSA) is 15.3 Å². The fourth-order valence-electron chi connectivity index (χ4n) is 3.94. The van der Waals surface area contributed by atoms with Crippen LogP contribution in [0.4, 0.5) is 5.69 Å². The second-order valence-electron chi connectivity index (χ2n) is 6.15. The van der Waals surface area contributed by atoms with Crippen molar-refractivity contribution in [3.8, 4) is 0 Å². The third-order valence-electron chi connectivity index (χ3n) is 4.93. The zero-order chi connectivity index (χ0) is 13.9. The number of halogens is 1. The molecule has 2 nitrogen and oxygen atoms in total. The molecule has 1 aromatic carbocycles. The highest BCUT2D eigenvalue weighted by atomic mass is 35.5. The number of nitrogens with zero attached hydrogens (tertiary/aromatic N) is 1. The Labute approximate surface area is 127 Å². The summed E-state index contributed by atoms with van der Waals surface area (Å²) in [6.45, 7) is 5.28. The lowest BCUT2D eigenvalue weighted by Crippen LogP contribution is -2.35. The molecular weight excluding hydrogens is 268 g/mol. The van der Waals surface area contributed by atoms with Gasteiger partial charge in [0.15, 0.2) is 0 Å². The monoisotopic (exact) mass is 292 g/mol. The zero-order valence-corrected chi connectivity index (χ0v) is 13.1. The van der Waals surface area contributed by atoms with Crippen LogP contribution in [0.3, 0.4) is 0 Å². The molecule has 1 saturated carbocycles. The summed E-state index contributed by atoms with van der Waals surface area (Å²) in [6.07, 6.45) is 6.99. The third kappa shape index (κ3) is 2.82. The molecule has 1 N–H and O–H groups in total. The Morgan fingerprint density at radius 1 is 1.25 bits per heavy atom. The van der Waals surface area contributed by atoms with Gasteiger partial charge >= 0.3 is 0 Å². The van der Waals surface area contributed by atoms with Crippen molar-refractivity contribution in [3.63, 3.8) is 0 Å². The lowest BCUT2D eigenvalue weighted by atomic mass is 9.85. The van der Waals surface area contributed by atoms with Crippen molar-refractivity contribution in [3.05, 3.63) is 28.8 Å². The van der Waals surface area contributed by atoms with E-state index in [1.54, 1.807) is 0 Å². The van der Waals surface area contributed by atoms with Crippen LogP contribution in [0, 0.1) is 5.92 Å². The smallest absolute Gasteiger partial charge is 0.0415 e. The van der Waals surface area contributed by atoms with Gasteiger partial charge in [0.05, 0.1) is 0 Å². The molecule has 2 atom stereocenters. The van der Waals surface area contributed by atoms with E-state index in [9.17, 15) is 0 Å². The molecule has 1 heterocycles. The van der Waals surface area contributed by atoms with Crippen LogP contribution in [0.1, 0.15) is 44.6 Å². The van der Waals surface area contributed by atoms with Crippen molar-refractivity contribution in [2.45, 2.75) is 51.6 Å². The van der Waals surface area contributed by atoms with Gasteiger partial charge in [-0.2, -0.15) is 0 Å². The second-order valence-corrected chi connectivity index (χ2v) is 6.58. The molecule has 1 aromatic rings. The Kier molecular flexibility index (Phi) is 4.52. The van der Waals surface area contributed by atoms with Gasteiger partial charge in [0.2, 0.25) is 0 Å². The summed E-state index contributed by atoms with van der Waals surface area (Å²) in [5, 5.41) is 4.29. The molecule has 2 aliphatic rings. The van der Waals surface area contributed by atoms with E-state index in [4.69, 9.17) is 11.6 Å². The van der Waals surface area contributed by atoms with Gasteiger partial charge in [-0.15, -0.1) is 0 Å². The average molecular weight is 293 g/mol. The summed E-state index contributed by atoms with van der Waals surface area (Å²) in [5.41, 5.74) is 2.76. The van der Waals surface area contributed by atoms with Gasteiger partial charge in [-0.3, -0.25) is 0 Å². The van der Waals surface area contributed by atoms with Crippen LogP contribution in [0.15, 0.2) is 18.2 Å². The van der Waals surface area contributed by atoms with E-state index in [0.717, 1.165) is 30.1 Å². The third-order valence-corrected chi connectivity index (χ3v) is 5.16. The van der Waals surface area contributed by atoms with Crippen molar-refractivity contribution < 1.29 is 0 Å². The van der Waals surface area contributed by atoms with Gasteiger partial charge in [0, 0.05) is 29.8 Å². The highest BCUT2D eigenvalue weighted by Gasteiger charge is 2.36. The summed E-state index contributed by atoms with van der Waals surface area (Å²) < 4.78 is 0. The van der Waals surface area contributed by atoms with E-state index in [1.165, 1.54) is 49.9 Å². The number of hydrogen-bond acceptors (Lipinski definition) is 2. The molecule has 3 rings (SSSR count). The molecule has 0 amide bonds. The first-order chi connectivity index (χ1) is 9.79. The maximum Gasteiger partial charge on any atom is 0.0415 e. The van der Waals surface area contributed by atoms with E-state index >= 15 is 0 Å². The minimum absolute atomic E-state index is 0.769. The van der Waals surface area contributed by atoms with Crippen LogP contribution in [-0.4, -0.2) is 19.1 Å². The molecule has 0 spiro atoms. The van der Waals surface area contributed by atoms with Gasteiger partial charge in [0.1, 0.15) is 0 Å². The summed E-state index contributed by atoms with van der Waals surface area (Å²) in [7, 11) is 0. The fourth-order valence-corrected chi connectivity index (χ4v) is 4.14. The number of fused-ring (bicyclic) bond motifs is 1. The number of anilines is 1. The molecule has 0 bridgehead atoms. The van der Waals surface area contributed by atoms with Gasteiger partial charge < -0.3 is 10.2 Å². The number of benzene rings is 1. The highest BCUT2D eigenvalue weighted by Crippen LogP contribution is 2.40. The van der Waals surface area contributed by atoms with Crippen LogP contribution in [0.5, 0.6) is 0 Å².